The van der Waals surface area contributed by atoms with Gasteiger partial charge in [0.2, 0.25) is 0 Å². The molecule has 6 nitrogen and oxygen atoms in total. The van der Waals surface area contributed by atoms with E-state index in [1.54, 1.807) is 0 Å². The molecule has 1 saturated carbocycles. The van der Waals surface area contributed by atoms with Crippen LogP contribution in [-0.2, 0) is 14.2 Å². The fourth-order valence-electron chi connectivity index (χ4n) is 1.97. The van der Waals surface area contributed by atoms with Gasteiger partial charge in [0.25, 0.3) is 0 Å². The van der Waals surface area contributed by atoms with Crippen LogP contribution in [-0.4, -0.2) is 51.9 Å². The third-order valence-electron chi connectivity index (χ3n) is 2.78. The van der Waals surface area contributed by atoms with Crippen molar-refractivity contribution in [2.75, 3.05) is 0 Å². The average Bonchev–Trinajstić information content (AvgIpc) is 2.36. The van der Waals surface area contributed by atoms with Crippen molar-refractivity contribution < 1.29 is 29.5 Å². The van der Waals surface area contributed by atoms with Crippen LogP contribution in [0.15, 0.2) is 38.5 Å². The number of rotatable bonds is 6. The quantitative estimate of drug-likeness (QED) is 0.565. The molecule has 4 atom stereocenters. The second-order valence-electron chi connectivity index (χ2n) is 3.77. The van der Waals surface area contributed by atoms with Crippen LogP contribution in [0.25, 0.3) is 0 Å². The van der Waals surface area contributed by atoms with Gasteiger partial charge in [-0.1, -0.05) is 19.7 Å². The highest BCUT2D eigenvalue weighted by Crippen LogP contribution is 2.28. The van der Waals surface area contributed by atoms with Gasteiger partial charge < -0.3 is 29.5 Å². The van der Waals surface area contributed by atoms with E-state index in [-0.39, 0.29) is 0 Å². The topological polar surface area (TPSA) is 88.4 Å². The van der Waals surface area contributed by atoms with Gasteiger partial charge in [-0.3, -0.25) is 0 Å². The Bertz CT molecular complexity index is 281. The molecule has 3 N–H and O–H groups in total. The molecule has 0 aromatic heterocycles. The summed E-state index contributed by atoms with van der Waals surface area (Å²) >= 11 is 0. The molecule has 1 aliphatic rings. The summed E-state index contributed by atoms with van der Waals surface area (Å²) in [7, 11) is 0. The molecule has 0 saturated heterocycles. The van der Waals surface area contributed by atoms with E-state index in [1.807, 2.05) is 0 Å². The Morgan fingerprint density at radius 2 is 0.944 bits per heavy atom. The van der Waals surface area contributed by atoms with E-state index in [9.17, 15) is 15.3 Å². The van der Waals surface area contributed by atoms with Crippen LogP contribution in [0.2, 0.25) is 0 Å². The van der Waals surface area contributed by atoms with Crippen LogP contribution < -0.4 is 0 Å². The summed E-state index contributed by atoms with van der Waals surface area (Å²) in [6.07, 6.45) is -3.48. The van der Waals surface area contributed by atoms with Crippen molar-refractivity contribution in [3.63, 3.8) is 0 Å². The molecule has 1 rings (SSSR count). The minimum absolute atomic E-state index is 0.855. The van der Waals surface area contributed by atoms with Crippen LogP contribution >= 0.6 is 0 Å². The van der Waals surface area contributed by atoms with Crippen molar-refractivity contribution in [1.82, 2.24) is 0 Å². The molecule has 102 valence electrons. The van der Waals surface area contributed by atoms with Crippen molar-refractivity contribution in [2.45, 2.75) is 36.6 Å². The maximum atomic E-state index is 9.84. The van der Waals surface area contributed by atoms with Crippen molar-refractivity contribution in [2.24, 2.45) is 0 Å². The molecule has 0 heterocycles. The maximum absolute atomic E-state index is 9.84. The van der Waals surface area contributed by atoms with Crippen LogP contribution in [0.5, 0.6) is 0 Å². The van der Waals surface area contributed by atoms with Crippen molar-refractivity contribution in [1.29, 1.82) is 0 Å². The predicted molar refractivity (Wildman–Crippen MR) is 63.2 cm³/mol. The minimum atomic E-state index is -1.43. The minimum Gasteiger partial charge on any atom is -0.492 e. The monoisotopic (exact) mass is 258 g/mol. The summed E-state index contributed by atoms with van der Waals surface area (Å²) in [5, 5.41) is 29.4. The molecule has 0 aromatic rings. The maximum Gasteiger partial charge on any atom is 0.176 e. The molecule has 0 aromatic carbocycles. The summed E-state index contributed by atoms with van der Waals surface area (Å²) in [5.41, 5.74) is 0. The Labute approximate surface area is 105 Å². The van der Waals surface area contributed by atoms with Gasteiger partial charge >= 0.3 is 0 Å². The summed E-state index contributed by atoms with van der Waals surface area (Å²) in [6.45, 7) is 10.2. The Balaban J connectivity index is 3.01. The number of aliphatic hydroxyl groups excluding tert-OH is 3. The first-order chi connectivity index (χ1) is 8.58. The van der Waals surface area contributed by atoms with E-state index in [4.69, 9.17) is 14.2 Å². The Morgan fingerprint density at radius 3 is 1.28 bits per heavy atom. The second kappa shape index (κ2) is 6.44. The molecule has 0 amide bonds. The van der Waals surface area contributed by atoms with Crippen molar-refractivity contribution in [3.05, 3.63) is 38.5 Å². The highest BCUT2D eigenvalue weighted by Gasteiger charge is 2.52. The lowest BCUT2D eigenvalue weighted by atomic mass is 9.84. The molecule has 1 aliphatic carbocycles. The third-order valence-corrected chi connectivity index (χ3v) is 2.78. The number of hydrogen-bond donors (Lipinski definition) is 3. The highest BCUT2D eigenvalue weighted by atomic mass is 16.6. The van der Waals surface area contributed by atoms with Gasteiger partial charge in [-0.25, -0.2) is 0 Å². The summed E-state index contributed by atoms with van der Waals surface area (Å²) < 4.78 is 15.4. The van der Waals surface area contributed by atoms with Gasteiger partial charge in [-0.05, 0) is 0 Å². The molecule has 0 radical (unpaired) electrons. The van der Waals surface area contributed by atoms with E-state index < -0.39 is 36.6 Å². The lowest BCUT2D eigenvalue weighted by Gasteiger charge is -2.43. The fourth-order valence-corrected chi connectivity index (χ4v) is 1.97. The van der Waals surface area contributed by atoms with E-state index in [0.717, 1.165) is 18.8 Å². The van der Waals surface area contributed by atoms with Crippen molar-refractivity contribution in [3.8, 4) is 0 Å². The molecule has 0 bridgehead atoms. The Morgan fingerprint density at radius 1 is 0.611 bits per heavy atom. The number of hydrogen-bond acceptors (Lipinski definition) is 6. The van der Waals surface area contributed by atoms with Crippen LogP contribution in [0.1, 0.15) is 0 Å². The molecule has 4 unspecified atom stereocenters. The summed E-state index contributed by atoms with van der Waals surface area (Å²) in [6, 6.07) is 0. The lowest BCUT2D eigenvalue weighted by molar-refractivity contribution is -0.226. The van der Waals surface area contributed by atoms with Crippen LogP contribution in [0, 0.1) is 0 Å². The van der Waals surface area contributed by atoms with E-state index in [0.29, 0.717) is 0 Å². The zero-order valence-corrected chi connectivity index (χ0v) is 9.88. The molecule has 0 spiro atoms. The molecular weight excluding hydrogens is 240 g/mol. The molecule has 6 heteroatoms. The van der Waals surface area contributed by atoms with Crippen LogP contribution in [0.4, 0.5) is 0 Å². The lowest BCUT2D eigenvalue weighted by Crippen LogP contribution is -2.64. The third kappa shape index (κ3) is 2.66. The first-order valence-corrected chi connectivity index (χ1v) is 5.41. The Hall–Kier alpha value is -1.50. The molecule has 1 fully saturated rings. The van der Waals surface area contributed by atoms with E-state index in [1.165, 1.54) is 0 Å². The zero-order chi connectivity index (χ0) is 13.7. The normalized spacial score (nSPS) is 39.5. The van der Waals surface area contributed by atoms with Gasteiger partial charge in [0.15, 0.2) is 18.3 Å². The van der Waals surface area contributed by atoms with Gasteiger partial charge in [0.05, 0.1) is 18.8 Å². The average molecular weight is 258 g/mol. The van der Waals surface area contributed by atoms with Gasteiger partial charge in [-0.15, -0.1) is 0 Å². The smallest absolute Gasteiger partial charge is 0.176 e. The number of ether oxygens (including phenoxy) is 3. The molecular formula is C12H18O6. The van der Waals surface area contributed by atoms with Gasteiger partial charge in [0, 0.05) is 0 Å². The largest absolute Gasteiger partial charge is 0.492 e. The SMILES string of the molecule is C=COC1C(O)C(O)C(O)C(OC=C)C1OC=C. The van der Waals surface area contributed by atoms with E-state index >= 15 is 0 Å². The summed E-state index contributed by atoms with van der Waals surface area (Å²) in [4.78, 5) is 0. The molecule has 18 heavy (non-hydrogen) atoms. The van der Waals surface area contributed by atoms with Crippen LogP contribution in [0.3, 0.4) is 0 Å². The highest BCUT2D eigenvalue weighted by molar-refractivity contribution is 5.02. The zero-order valence-electron chi connectivity index (χ0n) is 9.88. The standard InChI is InChI=1S/C12H18O6/c1-4-16-10-8(14)7(13)9(15)11(17-5-2)12(10)18-6-3/h4-15H,1-3H2. The first kappa shape index (κ1) is 14.6. The number of aliphatic hydroxyl groups is 3. The van der Waals surface area contributed by atoms with Gasteiger partial charge in [0.1, 0.15) is 18.3 Å². The van der Waals surface area contributed by atoms with Crippen molar-refractivity contribution >= 4 is 0 Å². The first-order valence-electron chi connectivity index (χ1n) is 5.41. The molecule has 0 aliphatic heterocycles. The fraction of sp³-hybridized carbons (Fsp3) is 0.500. The Kier molecular flexibility index (Phi) is 5.21. The van der Waals surface area contributed by atoms with E-state index in [2.05, 4.69) is 19.7 Å². The second-order valence-corrected chi connectivity index (χ2v) is 3.77. The van der Waals surface area contributed by atoms with Gasteiger partial charge in [-0.2, -0.15) is 0 Å². The summed E-state index contributed by atoms with van der Waals surface area (Å²) in [5.74, 6) is 0. The predicted octanol–water partition coefficient (Wildman–Crippen LogP) is -0.331.